The van der Waals surface area contributed by atoms with Crippen LogP contribution in [0.4, 0.5) is 0 Å². The Morgan fingerprint density at radius 3 is 2.58 bits per heavy atom. The van der Waals surface area contributed by atoms with Gasteiger partial charge in [-0.3, -0.25) is 4.79 Å². The molecule has 0 aliphatic heterocycles. The smallest absolute Gasteiger partial charge is 0.341 e. The second-order valence-corrected chi connectivity index (χ2v) is 5.30. The fraction of sp³-hybridized carbons (Fsp3) is 0.211. The first-order valence-corrected chi connectivity index (χ1v) is 8.05. The first kappa shape index (κ1) is 19.0. The molecule has 7 heteroatoms. The number of aliphatic carboxylic acids is 1. The number of hydrazone groups is 1. The minimum Gasteiger partial charge on any atom is -0.494 e. The molecule has 0 radical (unpaired) electrons. The van der Waals surface area contributed by atoms with E-state index in [1.54, 1.807) is 24.3 Å². The summed E-state index contributed by atoms with van der Waals surface area (Å²) in [5.41, 5.74) is 3.98. The summed E-state index contributed by atoms with van der Waals surface area (Å²) in [6.45, 7) is 2.09. The van der Waals surface area contributed by atoms with Crippen LogP contribution in [-0.2, 0) is 16.0 Å². The number of carboxylic acid groups (broad SMARTS) is 1. The molecule has 0 aromatic heterocycles. The van der Waals surface area contributed by atoms with Gasteiger partial charge in [0.15, 0.2) is 6.61 Å². The van der Waals surface area contributed by atoms with Gasteiger partial charge in [-0.2, -0.15) is 5.10 Å². The van der Waals surface area contributed by atoms with Gasteiger partial charge in [-0.1, -0.05) is 24.3 Å². The summed E-state index contributed by atoms with van der Waals surface area (Å²) < 4.78 is 10.4. The summed E-state index contributed by atoms with van der Waals surface area (Å²) in [5, 5.41) is 12.5. The topological polar surface area (TPSA) is 97.2 Å². The average molecular weight is 356 g/mol. The maximum absolute atomic E-state index is 11.9. The van der Waals surface area contributed by atoms with Crippen molar-refractivity contribution in [2.45, 2.75) is 13.3 Å². The highest BCUT2D eigenvalue weighted by atomic mass is 16.5. The van der Waals surface area contributed by atoms with Gasteiger partial charge in [-0.25, -0.2) is 10.2 Å². The number of nitrogens with one attached hydrogen (secondary N) is 1. The fourth-order valence-electron chi connectivity index (χ4n) is 2.10. The number of nitrogens with zero attached hydrogens (tertiary/aromatic N) is 1. The van der Waals surface area contributed by atoms with Crippen LogP contribution >= 0.6 is 0 Å². The van der Waals surface area contributed by atoms with E-state index >= 15 is 0 Å². The third-order valence-corrected chi connectivity index (χ3v) is 3.22. The van der Waals surface area contributed by atoms with E-state index in [1.807, 2.05) is 31.2 Å². The summed E-state index contributed by atoms with van der Waals surface area (Å²) >= 11 is 0. The Balaban J connectivity index is 1.84. The van der Waals surface area contributed by atoms with Crippen molar-refractivity contribution in [2.24, 2.45) is 5.10 Å². The van der Waals surface area contributed by atoms with Crippen molar-refractivity contribution in [3.05, 3.63) is 59.7 Å². The zero-order chi connectivity index (χ0) is 18.8. The summed E-state index contributed by atoms with van der Waals surface area (Å²) in [4.78, 5) is 22.4. The van der Waals surface area contributed by atoms with Crippen LogP contribution in [0.3, 0.4) is 0 Å². The molecule has 136 valence electrons. The Morgan fingerprint density at radius 1 is 1.12 bits per heavy atom. The fourth-order valence-corrected chi connectivity index (χ4v) is 2.10. The van der Waals surface area contributed by atoms with Crippen LogP contribution in [0.25, 0.3) is 0 Å². The number of benzene rings is 2. The van der Waals surface area contributed by atoms with Crippen LogP contribution in [0, 0.1) is 0 Å². The van der Waals surface area contributed by atoms with Gasteiger partial charge in [-0.15, -0.1) is 0 Å². The van der Waals surface area contributed by atoms with Crippen LogP contribution in [0.1, 0.15) is 18.1 Å². The SMILES string of the molecule is CCOc1ccc(CC(=O)N/N=C\c2cccc(OCC(=O)O)c2)cc1. The molecule has 0 saturated heterocycles. The largest absolute Gasteiger partial charge is 0.494 e. The molecule has 0 aliphatic carbocycles. The first-order valence-electron chi connectivity index (χ1n) is 8.05. The summed E-state index contributed by atoms with van der Waals surface area (Å²) in [5.74, 6) is -0.119. The zero-order valence-corrected chi connectivity index (χ0v) is 14.3. The lowest BCUT2D eigenvalue weighted by atomic mass is 10.1. The maximum Gasteiger partial charge on any atom is 0.341 e. The van der Waals surface area contributed by atoms with Gasteiger partial charge < -0.3 is 14.6 Å². The number of hydrogen-bond donors (Lipinski definition) is 2. The average Bonchev–Trinajstić information content (AvgIpc) is 2.62. The highest BCUT2D eigenvalue weighted by Crippen LogP contribution is 2.13. The van der Waals surface area contributed by atoms with Crippen LogP contribution in [0.15, 0.2) is 53.6 Å². The van der Waals surface area contributed by atoms with E-state index < -0.39 is 12.6 Å². The van der Waals surface area contributed by atoms with E-state index in [1.165, 1.54) is 6.21 Å². The molecule has 26 heavy (non-hydrogen) atoms. The van der Waals surface area contributed by atoms with Crippen LogP contribution in [0.5, 0.6) is 11.5 Å². The van der Waals surface area contributed by atoms with Gasteiger partial charge in [0.25, 0.3) is 0 Å². The number of ether oxygens (including phenoxy) is 2. The second kappa shape index (κ2) is 9.83. The highest BCUT2D eigenvalue weighted by molar-refractivity contribution is 5.83. The Morgan fingerprint density at radius 2 is 1.88 bits per heavy atom. The van der Waals surface area contributed by atoms with Gasteiger partial charge in [-0.05, 0) is 42.3 Å². The Bertz CT molecular complexity index is 772. The molecule has 0 bridgehead atoms. The van der Waals surface area contributed by atoms with Crippen molar-refractivity contribution in [1.29, 1.82) is 0 Å². The first-order chi connectivity index (χ1) is 12.6. The monoisotopic (exact) mass is 356 g/mol. The van der Waals surface area contributed by atoms with Crippen molar-refractivity contribution in [3.8, 4) is 11.5 Å². The van der Waals surface area contributed by atoms with Crippen LogP contribution in [-0.4, -0.2) is 36.4 Å². The molecule has 0 aliphatic rings. The van der Waals surface area contributed by atoms with Crippen LogP contribution in [0.2, 0.25) is 0 Å². The minimum absolute atomic E-state index is 0.200. The lowest BCUT2D eigenvalue weighted by Crippen LogP contribution is -2.19. The molecule has 2 aromatic rings. The molecule has 0 unspecified atom stereocenters. The van der Waals surface area contributed by atoms with E-state index in [2.05, 4.69) is 10.5 Å². The lowest BCUT2D eigenvalue weighted by molar-refractivity contribution is -0.139. The molecule has 0 spiro atoms. The van der Waals surface area contributed by atoms with Crippen molar-refractivity contribution in [3.63, 3.8) is 0 Å². The molecular formula is C19H20N2O5. The molecule has 2 N–H and O–H groups in total. The van der Waals surface area contributed by atoms with Gasteiger partial charge in [0.2, 0.25) is 5.91 Å². The Labute approximate surface area is 151 Å². The third-order valence-electron chi connectivity index (χ3n) is 3.22. The molecule has 0 saturated carbocycles. The van der Waals surface area contributed by atoms with E-state index in [0.717, 1.165) is 11.3 Å². The predicted molar refractivity (Wildman–Crippen MR) is 96.6 cm³/mol. The van der Waals surface area contributed by atoms with E-state index in [-0.39, 0.29) is 12.3 Å². The van der Waals surface area contributed by atoms with Gasteiger partial charge in [0, 0.05) is 0 Å². The van der Waals surface area contributed by atoms with Crippen molar-refractivity contribution < 1.29 is 24.2 Å². The summed E-state index contributed by atoms with van der Waals surface area (Å²) in [6.07, 6.45) is 1.66. The van der Waals surface area contributed by atoms with Gasteiger partial charge >= 0.3 is 5.97 Å². The molecular weight excluding hydrogens is 336 g/mol. The third kappa shape index (κ3) is 6.64. The normalized spacial score (nSPS) is 10.5. The van der Waals surface area contributed by atoms with Crippen molar-refractivity contribution >= 4 is 18.1 Å². The molecule has 0 fully saturated rings. The number of hydrogen-bond acceptors (Lipinski definition) is 5. The van der Waals surface area contributed by atoms with E-state index in [0.29, 0.717) is 17.9 Å². The quantitative estimate of drug-likeness (QED) is 0.530. The van der Waals surface area contributed by atoms with Crippen molar-refractivity contribution in [2.75, 3.05) is 13.2 Å². The Hall–Kier alpha value is -3.35. The van der Waals surface area contributed by atoms with E-state index in [9.17, 15) is 9.59 Å². The lowest BCUT2D eigenvalue weighted by Gasteiger charge is -2.05. The molecule has 7 nitrogen and oxygen atoms in total. The molecule has 0 heterocycles. The van der Waals surface area contributed by atoms with Crippen molar-refractivity contribution in [1.82, 2.24) is 5.43 Å². The summed E-state index contributed by atoms with van der Waals surface area (Å²) in [7, 11) is 0. The number of carbonyl (C=O) groups is 2. The number of amides is 1. The number of rotatable bonds is 9. The summed E-state index contributed by atoms with van der Waals surface area (Å²) in [6, 6.07) is 14.0. The molecule has 2 aromatic carbocycles. The maximum atomic E-state index is 11.9. The number of carbonyl (C=O) groups excluding carboxylic acids is 1. The second-order valence-electron chi connectivity index (χ2n) is 5.30. The minimum atomic E-state index is -1.05. The Kier molecular flexibility index (Phi) is 7.17. The molecule has 2 rings (SSSR count). The zero-order valence-electron chi connectivity index (χ0n) is 14.3. The predicted octanol–water partition coefficient (Wildman–Crippen LogP) is 2.24. The number of carboxylic acids is 1. The van der Waals surface area contributed by atoms with Gasteiger partial charge in [0.05, 0.1) is 19.2 Å². The van der Waals surface area contributed by atoms with Gasteiger partial charge in [0.1, 0.15) is 11.5 Å². The molecule has 1 amide bonds. The highest BCUT2D eigenvalue weighted by Gasteiger charge is 2.03. The standard InChI is InChI=1S/C19H20N2O5/c1-2-25-16-8-6-14(7-9-16)11-18(22)21-20-12-15-4-3-5-17(10-15)26-13-19(23)24/h3-10,12H,2,11,13H2,1H3,(H,21,22)(H,23,24)/b20-12-. The van der Waals surface area contributed by atoms with Crippen LogP contribution < -0.4 is 14.9 Å². The van der Waals surface area contributed by atoms with E-state index in [4.69, 9.17) is 14.6 Å². The molecule has 0 atom stereocenters.